The summed E-state index contributed by atoms with van der Waals surface area (Å²) in [5.74, 6) is 0. The first kappa shape index (κ1) is 11.8. The normalized spacial score (nSPS) is 9.00. The van der Waals surface area contributed by atoms with Gasteiger partial charge < -0.3 is 4.55 Å². The Bertz CT molecular complexity index is 398. The summed E-state index contributed by atoms with van der Waals surface area (Å²) in [5.41, 5.74) is 3.88. The second kappa shape index (κ2) is 6.27. The van der Waals surface area contributed by atoms with E-state index in [4.69, 9.17) is 4.55 Å². The number of rotatable bonds is 1. The Hall–Kier alpha value is -1.25. The molecule has 0 saturated carbocycles. The third-order valence-corrected chi connectivity index (χ3v) is 2.13. The zero-order valence-electron chi connectivity index (χ0n) is 8.59. The molecule has 0 aliphatic carbocycles. The van der Waals surface area contributed by atoms with E-state index in [0.717, 1.165) is 0 Å². The minimum absolute atomic E-state index is 1.28. The van der Waals surface area contributed by atoms with Gasteiger partial charge in [-0.25, -0.2) is 0 Å². The third-order valence-electron chi connectivity index (χ3n) is 2.13. The Morgan fingerprint density at radius 1 is 0.800 bits per heavy atom. The van der Waals surface area contributed by atoms with Gasteiger partial charge in [-0.2, -0.15) is 0 Å². The van der Waals surface area contributed by atoms with Crippen molar-refractivity contribution in [2.45, 2.75) is 6.92 Å². The van der Waals surface area contributed by atoms with Gasteiger partial charge in [-0.1, -0.05) is 60.2 Å². The van der Waals surface area contributed by atoms with Crippen LogP contribution in [0.3, 0.4) is 0 Å². The molecule has 2 rings (SSSR count). The first-order valence-electron chi connectivity index (χ1n) is 4.68. The van der Waals surface area contributed by atoms with Gasteiger partial charge in [0.1, 0.15) is 0 Å². The fraction of sp³-hybridized carbons (Fsp3) is 0.0769. The Labute approximate surface area is 96.0 Å². The molecule has 1 N–H and O–H groups in total. The second-order valence-corrected chi connectivity index (χ2v) is 3.24. The monoisotopic (exact) mass is 218 g/mol. The van der Waals surface area contributed by atoms with Gasteiger partial charge in [0, 0.05) is 0 Å². The lowest BCUT2D eigenvalue weighted by atomic mass is 10.0. The molecule has 0 bridgehead atoms. The van der Waals surface area contributed by atoms with Gasteiger partial charge in [-0.15, -0.1) is 0 Å². The van der Waals surface area contributed by atoms with E-state index in [1.807, 2.05) is 6.07 Å². The largest absolute Gasteiger partial charge is 0.333 e. The summed E-state index contributed by atoms with van der Waals surface area (Å²) in [5, 5.41) is 0. The number of benzene rings is 2. The molecular formula is C13H14OS. The van der Waals surface area contributed by atoms with E-state index < -0.39 is 0 Å². The average Bonchev–Trinajstić information content (AvgIpc) is 2.33. The van der Waals surface area contributed by atoms with Crippen molar-refractivity contribution < 1.29 is 4.55 Å². The van der Waals surface area contributed by atoms with Crippen LogP contribution in [0.1, 0.15) is 5.56 Å². The molecule has 0 saturated heterocycles. The van der Waals surface area contributed by atoms with Crippen LogP contribution < -0.4 is 0 Å². The molecule has 0 radical (unpaired) electrons. The lowest BCUT2D eigenvalue weighted by molar-refractivity contribution is 0.679. The van der Waals surface area contributed by atoms with Gasteiger partial charge in [0.2, 0.25) is 0 Å². The maximum Gasteiger partial charge on any atom is -0.0181 e. The first-order valence-corrected chi connectivity index (χ1v) is 5.08. The van der Waals surface area contributed by atoms with Gasteiger partial charge >= 0.3 is 0 Å². The molecular weight excluding hydrogens is 204 g/mol. The molecule has 78 valence electrons. The molecule has 0 unspecified atom stereocenters. The van der Waals surface area contributed by atoms with Crippen LogP contribution in [0.5, 0.6) is 0 Å². The topological polar surface area (TPSA) is 20.2 Å². The Morgan fingerprint density at radius 3 is 2.00 bits per heavy atom. The predicted molar refractivity (Wildman–Crippen MR) is 68.2 cm³/mol. The van der Waals surface area contributed by atoms with E-state index in [-0.39, 0.29) is 0 Å². The van der Waals surface area contributed by atoms with E-state index in [0.29, 0.717) is 0 Å². The van der Waals surface area contributed by atoms with Crippen LogP contribution in [0.4, 0.5) is 0 Å². The molecule has 0 fully saturated rings. The van der Waals surface area contributed by atoms with E-state index >= 15 is 0 Å². The summed E-state index contributed by atoms with van der Waals surface area (Å²) >= 11 is 2.53. The van der Waals surface area contributed by atoms with Crippen LogP contribution in [0.2, 0.25) is 0 Å². The van der Waals surface area contributed by atoms with Gasteiger partial charge in [0.05, 0.1) is 0 Å². The standard InChI is InChI=1S/C13H12.H2OS/c1-11-6-5-9-13(10-11)12-7-3-2-4-8-12;1-2/h2-10H,1H3;1-2H. The molecule has 0 atom stereocenters. The van der Waals surface area contributed by atoms with Gasteiger partial charge in [-0.3, -0.25) is 0 Å². The molecule has 2 aromatic carbocycles. The maximum atomic E-state index is 6.69. The van der Waals surface area contributed by atoms with Crippen LogP contribution >= 0.6 is 12.9 Å². The number of aryl methyl sites for hydroxylation is 1. The molecule has 15 heavy (non-hydrogen) atoms. The van der Waals surface area contributed by atoms with Crippen molar-refractivity contribution in [3.05, 3.63) is 60.2 Å². The second-order valence-electron chi connectivity index (χ2n) is 3.24. The fourth-order valence-electron chi connectivity index (χ4n) is 1.46. The summed E-state index contributed by atoms with van der Waals surface area (Å²) in [4.78, 5) is 0. The van der Waals surface area contributed by atoms with Crippen molar-refractivity contribution >= 4 is 12.9 Å². The van der Waals surface area contributed by atoms with Gasteiger partial charge in [-0.05, 0) is 31.0 Å². The molecule has 1 nitrogen and oxygen atoms in total. The van der Waals surface area contributed by atoms with Crippen LogP contribution in [0, 0.1) is 6.92 Å². The molecule has 0 aliphatic rings. The van der Waals surface area contributed by atoms with Crippen LogP contribution in [0.25, 0.3) is 11.1 Å². The molecule has 0 amide bonds. The zero-order valence-corrected chi connectivity index (χ0v) is 9.49. The molecule has 0 heterocycles. The smallest absolute Gasteiger partial charge is 0.0181 e. The lowest BCUT2D eigenvalue weighted by Crippen LogP contribution is -1.77. The van der Waals surface area contributed by atoms with Crippen molar-refractivity contribution in [3.63, 3.8) is 0 Å². The SMILES string of the molecule is Cc1cccc(-c2ccccc2)c1.OS. The van der Waals surface area contributed by atoms with E-state index in [1.54, 1.807) is 0 Å². The highest BCUT2D eigenvalue weighted by Gasteiger charge is 1.94. The molecule has 0 aliphatic heterocycles. The molecule has 0 aromatic heterocycles. The summed E-state index contributed by atoms with van der Waals surface area (Å²) in [6.45, 7) is 2.12. The zero-order chi connectivity index (χ0) is 11.1. The number of thiol groups is 1. The highest BCUT2D eigenvalue weighted by atomic mass is 32.1. The summed E-state index contributed by atoms with van der Waals surface area (Å²) in [6.07, 6.45) is 0. The summed E-state index contributed by atoms with van der Waals surface area (Å²) < 4.78 is 6.69. The van der Waals surface area contributed by atoms with E-state index in [2.05, 4.69) is 68.4 Å². The van der Waals surface area contributed by atoms with Crippen molar-refractivity contribution in [2.75, 3.05) is 0 Å². The highest BCUT2D eigenvalue weighted by Crippen LogP contribution is 2.19. The molecule has 2 heteroatoms. The fourth-order valence-corrected chi connectivity index (χ4v) is 1.46. The Balaban J connectivity index is 0.000000531. The Kier molecular flexibility index (Phi) is 4.95. The van der Waals surface area contributed by atoms with Crippen molar-refractivity contribution in [2.24, 2.45) is 0 Å². The summed E-state index contributed by atoms with van der Waals surface area (Å²) in [7, 11) is 0. The van der Waals surface area contributed by atoms with Crippen molar-refractivity contribution in [1.29, 1.82) is 0 Å². The van der Waals surface area contributed by atoms with E-state index in [1.165, 1.54) is 16.7 Å². The maximum absolute atomic E-state index is 6.69. The first-order chi connectivity index (χ1) is 7.36. The number of hydrogen-bond acceptors (Lipinski definition) is 2. The number of hydrogen-bond donors (Lipinski definition) is 2. The van der Waals surface area contributed by atoms with Crippen molar-refractivity contribution in [1.82, 2.24) is 0 Å². The quantitative estimate of drug-likeness (QED) is 0.546. The van der Waals surface area contributed by atoms with Crippen molar-refractivity contribution in [3.8, 4) is 11.1 Å². The minimum Gasteiger partial charge on any atom is -0.333 e. The minimum atomic E-state index is 1.28. The average molecular weight is 218 g/mol. The van der Waals surface area contributed by atoms with E-state index in [9.17, 15) is 0 Å². The Morgan fingerprint density at radius 2 is 1.40 bits per heavy atom. The predicted octanol–water partition coefficient (Wildman–Crippen LogP) is 4.05. The van der Waals surface area contributed by atoms with Gasteiger partial charge in [0.15, 0.2) is 0 Å². The summed E-state index contributed by atoms with van der Waals surface area (Å²) in [6, 6.07) is 19.0. The highest BCUT2D eigenvalue weighted by molar-refractivity contribution is 7.74. The lowest BCUT2D eigenvalue weighted by Gasteiger charge is -2.01. The van der Waals surface area contributed by atoms with Crippen LogP contribution in [-0.2, 0) is 0 Å². The van der Waals surface area contributed by atoms with Crippen LogP contribution in [-0.4, -0.2) is 4.55 Å². The van der Waals surface area contributed by atoms with Crippen LogP contribution in [0.15, 0.2) is 54.6 Å². The third kappa shape index (κ3) is 3.42. The molecule has 0 spiro atoms. The van der Waals surface area contributed by atoms with Gasteiger partial charge in [0.25, 0.3) is 0 Å². The molecule has 2 aromatic rings.